The Bertz CT molecular complexity index is 885. The number of nitriles is 1. The second kappa shape index (κ2) is 6.45. The predicted molar refractivity (Wildman–Crippen MR) is 94.4 cm³/mol. The van der Waals surface area contributed by atoms with Gasteiger partial charge in [0.1, 0.15) is 0 Å². The van der Waals surface area contributed by atoms with Crippen LogP contribution in [0.25, 0.3) is 10.9 Å². The van der Waals surface area contributed by atoms with E-state index in [9.17, 15) is 4.79 Å². The molecular formula is C20H21N3O2. The molecule has 4 rings (SSSR count). The van der Waals surface area contributed by atoms with E-state index in [2.05, 4.69) is 12.1 Å². The van der Waals surface area contributed by atoms with Gasteiger partial charge in [0.05, 0.1) is 30.3 Å². The van der Waals surface area contributed by atoms with Gasteiger partial charge < -0.3 is 9.64 Å². The first-order valence-electron chi connectivity index (χ1n) is 8.90. The summed E-state index contributed by atoms with van der Waals surface area (Å²) in [7, 11) is 0. The molecule has 0 unspecified atom stereocenters. The number of benzene rings is 1. The van der Waals surface area contributed by atoms with Crippen LogP contribution in [0.5, 0.6) is 0 Å². The SMILES string of the molecule is Cc1ccc2nc3c(c(C(=O)N4CCO[C@H](C#N)C4)c2c1)CCCC3. The zero-order valence-electron chi connectivity index (χ0n) is 14.4. The molecule has 2 aliphatic rings. The summed E-state index contributed by atoms with van der Waals surface area (Å²) in [5.74, 6) is 0.0136. The Kier molecular flexibility index (Phi) is 4.14. The maximum absolute atomic E-state index is 13.4. The number of amides is 1. The molecule has 5 heteroatoms. The number of aryl methyl sites for hydroxylation is 2. The zero-order chi connectivity index (χ0) is 17.4. The van der Waals surface area contributed by atoms with Crippen molar-refractivity contribution >= 4 is 16.8 Å². The van der Waals surface area contributed by atoms with Gasteiger partial charge in [0, 0.05) is 17.6 Å². The Morgan fingerprint density at radius 1 is 1.36 bits per heavy atom. The smallest absolute Gasteiger partial charge is 0.255 e. The number of aromatic nitrogens is 1. The van der Waals surface area contributed by atoms with Crippen LogP contribution in [-0.2, 0) is 17.6 Å². The van der Waals surface area contributed by atoms with Crippen LogP contribution in [0.4, 0.5) is 0 Å². The third-order valence-electron chi connectivity index (χ3n) is 5.13. The lowest BCUT2D eigenvalue weighted by Crippen LogP contribution is -2.45. The van der Waals surface area contributed by atoms with Crippen LogP contribution >= 0.6 is 0 Å². The molecule has 25 heavy (non-hydrogen) atoms. The number of morpholine rings is 1. The second-order valence-electron chi connectivity index (χ2n) is 6.88. The van der Waals surface area contributed by atoms with Crippen molar-refractivity contribution in [3.8, 4) is 6.07 Å². The maximum atomic E-state index is 13.4. The van der Waals surface area contributed by atoms with Gasteiger partial charge in [-0.2, -0.15) is 5.26 Å². The molecule has 1 saturated heterocycles. The first-order valence-corrected chi connectivity index (χ1v) is 8.90. The van der Waals surface area contributed by atoms with Gasteiger partial charge in [-0.1, -0.05) is 11.6 Å². The molecular weight excluding hydrogens is 314 g/mol. The fourth-order valence-electron chi connectivity index (χ4n) is 3.85. The van der Waals surface area contributed by atoms with E-state index in [-0.39, 0.29) is 5.91 Å². The zero-order valence-corrected chi connectivity index (χ0v) is 14.4. The maximum Gasteiger partial charge on any atom is 0.255 e. The number of pyridine rings is 1. The van der Waals surface area contributed by atoms with Crippen molar-refractivity contribution in [1.29, 1.82) is 5.26 Å². The van der Waals surface area contributed by atoms with E-state index in [0.717, 1.165) is 59.0 Å². The minimum absolute atomic E-state index is 0.0136. The van der Waals surface area contributed by atoms with Crippen molar-refractivity contribution in [1.82, 2.24) is 9.88 Å². The van der Waals surface area contributed by atoms with Crippen molar-refractivity contribution in [2.24, 2.45) is 0 Å². The molecule has 1 aliphatic carbocycles. The molecule has 5 nitrogen and oxygen atoms in total. The average molecular weight is 335 g/mol. The fraction of sp³-hybridized carbons (Fsp3) is 0.450. The molecule has 0 spiro atoms. The molecule has 1 atom stereocenters. The van der Waals surface area contributed by atoms with Gasteiger partial charge in [0.25, 0.3) is 5.91 Å². The van der Waals surface area contributed by atoms with Crippen molar-refractivity contribution in [2.45, 2.75) is 38.7 Å². The summed E-state index contributed by atoms with van der Waals surface area (Å²) < 4.78 is 5.40. The number of hydrogen-bond acceptors (Lipinski definition) is 4. The van der Waals surface area contributed by atoms with E-state index < -0.39 is 6.10 Å². The summed E-state index contributed by atoms with van der Waals surface area (Å²) in [4.78, 5) is 20.0. The standard InChI is InChI=1S/C20H21N3O2/c1-13-6-7-18-16(10-13)19(15-4-2-3-5-17(15)22-18)20(24)23-8-9-25-14(11-21)12-23/h6-7,10,14H,2-5,8-9,12H2,1H3/t14-/m1/s1. The summed E-state index contributed by atoms with van der Waals surface area (Å²) in [5, 5.41) is 10.1. The number of fused-ring (bicyclic) bond motifs is 2. The van der Waals surface area contributed by atoms with Gasteiger partial charge in [0.15, 0.2) is 6.10 Å². The lowest BCUT2D eigenvalue weighted by molar-refractivity contribution is 0.00349. The number of carbonyl (C=O) groups is 1. The van der Waals surface area contributed by atoms with Gasteiger partial charge in [-0.15, -0.1) is 0 Å². The van der Waals surface area contributed by atoms with Gasteiger partial charge in [-0.25, -0.2) is 0 Å². The molecule has 0 bridgehead atoms. The lowest BCUT2D eigenvalue weighted by Gasteiger charge is -2.31. The number of rotatable bonds is 1. The van der Waals surface area contributed by atoms with E-state index in [1.165, 1.54) is 0 Å². The Balaban J connectivity index is 1.85. The van der Waals surface area contributed by atoms with Crippen LogP contribution in [0.15, 0.2) is 18.2 Å². The molecule has 128 valence electrons. The Morgan fingerprint density at radius 2 is 2.20 bits per heavy atom. The molecule has 0 saturated carbocycles. The van der Waals surface area contributed by atoms with Crippen LogP contribution in [0, 0.1) is 18.3 Å². The minimum atomic E-state index is -0.539. The van der Waals surface area contributed by atoms with Gasteiger partial charge in [-0.3, -0.25) is 9.78 Å². The Hall–Kier alpha value is -2.45. The number of carbonyl (C=O) groups excluding carboxylic acids is 1. The van der Waals surface area contributed by atoms with Crippen LogP contribution in [0.1, 0.15) is 40.0 Å². The normalized spacial score (nSPS) is 20.2. The molecule has 1 aromatic heterocycles. The summed E-state index contributed by atoms with van der Waals surface area (Å²) in [6, 6.07) is 8.23. The highest BCUT2D eigenvalue weighted by atomic mass is 16.5. The fourth-order valence-corrected chi connectivity index (χ4v) is 3.85. The Labute approximate surface area is 147 Å². The number of hydrogen-bond donors (Lipinski definition) is 0. The Morgan fingerprint density at radius 3 is 3.04 bits per heavy atom. The third-order valence-corrected chi connectivity index (χ3v) is 5.13. The summed E-state index contributed by atoms with van der Waals surface area (Å²) in [6.07, 6.45) is 3.51. The molecule has 2 aromatic rings. The van der Waals surface area contributed by atoms with Crippen molar-refractivity contribution in [3.05, 3.63) is 40.6 Å². The molecule has 1 aliphatic heterocycles. The quantitative estimate of drug-likeness (QED) is 0.804. The highest BCUT2D eigenvalue weighted by Crippen LogP contribution is 2.31. The van der Waals surface area contributed by atoms with Crippen LogP contribution in [0.3, 0.4) is 0 Å². The second-order valence-corrected chi connectivity index (χ2v) is 6.88. The van der Waals surface area contributed by atoms with Gasteiger partial charge in [-0.05, 0) is 50.3 Å². The minimum Gasteiger partial charge on any atom is -0.360 e. The van der Waals surface area contributed by atoms with E-state index in [0.29, 0.717) is 19.7 Å². The predicted octanol–water partition coefficient (Wildman–Crippen LogP) is 2.79. The molecule has 0 N–H and O–H groups in total. The number of nitrogens with zero attached hydrogens (tertiary/aromatic N) is 3. The van der Waals surface area contributed by atoms with E-state index in [4.69, 9.17) is 15.0 Å². The van der Waals surface area contributed by atoms with Crippen LogP contribution in [0.2, 0.25) is 0 Å². The van der Waals surface area contributed by atoms with E-state index in [1.54, 1.807) is 4.90 Å². The lowest BCUT2D eigenvalue weighted by atomic mass is 9.89. The topological polar surface area (TPSA) is 66.2 Å². The first kappa shape index (κ1) is 16.0. The largest absolute Gasteiger partial charge is 0.360 e. The van der Waals surface area contributed by atoms with Crippen molar-refractivity contribution < 1.29 is 9.53 Å². The molecule has 2 heterocycles. The van der Waals surface area contributed by atoms with Gasteiger partial charge >= 0.3 is 0 Å². The summed E-state index contributed by atoms with van der Waals surface area (Å²) >= 11 is 0. The van der Waals surface area contributed by atoms with E-state index in [1.807, 2.05) is 19.1 Å². The molecule has 0 radical (unpaired) electrons. The summed E-state index contributed by atoms with van der Waals surface area (Å²) in [5.41, 5.74) is 4.98. The molecule has 1 amide bonds. The van der Waals surface area contributed by atoms with Crippen molar-refractivity contribution in [2.75, 3.05) is 19.7 Å². The highest BCUT2D eigenvalue weighted by Gasteiger charge is 2.29. The average Bonchev–Trinajstić information content (AvgIpc) is 2.65. The van der Waals surface area contributed by atoms with E-state index >= 15 is 0 Å². The van der Waals surface area contributed by atoms with Crippen molar-refractivity contribution in [3.63, 3.8) is 0 Å². The van der Waals surface area contributed by atoms with Crippen LogP contribution in [-0.4, -0.2) is 41.6 Å². The first-order chi connectivity index (χ1) is 12.2. The molecule has 1 fully saturated rings. The van der Waals surface area contributed by atoms with Gasteiger partial charge in [0.2, 0.25) is 0 Å². The molecule has 1 aromatic carbocycles. The third kappa shape index (κ3) is 2.87. The summed E-state index contributed by atoms with van der Waals surface area (Å²) in [6.45, 7) is 3.31. The monoisotopic (exact) mass is 335 g/mol. The number of ether oxygens (including phenoxy) is 1. The highest BCUT2D eigenvalue weighted by molar-refractivity contribution is 6.08. The van der Waals surface area contributed by atoms with Crippen LogP contribution < -0.4 is 0 Å².